The van der Waals surface area contributed by atoms with E-state index in [2.05, 4.69) is 0 Å². The van der Waals surface area contributed by atoms with Gasteiger partial charge in [-0.1, -0.05) is 18.1 Å². The average Bonchev–Trinajstić information content (AvgIpc) is 2.14. The normalized spacial score (nSPS) is 10.3. The zero-order valence-electron chi connectivity index (χ0n) is 7.35. The lowest BCUT2D eigenvalue weighted by Crippen LogP contribution is -2.01. The Balaban J connectivity index is 3.00. The first kappa shape index (κ1) is 10.5. The summed E-state index contributed by atoms with van der Waals surface area (Å²) in [7, 11) is 1.38. The van der Waals surface area contributed by atoms with Gasteiger partial charge in [0.1, 0.15) is 5.75 Å². The molecular formula is C10H7F3O. The van der Waals surface area contributed by atoms with Gasteiger partial charge in [-0.3, -0.25) is 0 Å². The Labute approximate surface area is 79.5 Å². The van der Waals surface area contributed by atoms with Gasteiger partial charge in [-0.25, -0.2) is 0 Å². The highest BCUT2D eigenvalue weighted by Gasteiger charge is 2.23. The molecular weight excluding hydrogens is 193 g/mol. The first-order chi connectivity index (χ1) is 6.53. The second kappa shape index (κ2) is 4.05. The third-order valence-corrected chi connectivity index (χ3v) is 1.45. The number of hydrogen-bond donors (Lipinski definition) is 0. The summed E-state index contributed by atoms with van der Waals surface area (Å²) in [6.45, 7) is 0. The molecule has 0 aliphatic carbocycles. The molecule has 1 rings (SSSR count). The molecule has 0 saturated carbocycles. The van der Waals surface area contributed by atoms with Crippen molar-refractivity contribution in [1.82, 2.24) is 0 Å². The van der Waals surface area contributed by atoms with Gasteiger partial charge in [0.05, 0.1) is 12.7 Å². The molecule has 1 nitrogen and oxygen atoms in total. The fourth-order valence-electron chi connectivity index (χ4n) is 0.886. The van der Waals surface area contributed by atoms with Gasteiger partial charge < -0.3 is 4.74 Å². The Morgan fingerprint density at radius 3 is 2.43 bits per heavy atom. The van der Waals surface area contributed by atoms with Crippen molar-refractivity contribution in [2.24, 2.45) is 0 Å². The summed E-state index contributed by atoms with van der Waals surface area (Å²) >= 11 is 0. The van der Waals surface area contributed by atoms with Gasteiger partial charge >= 0.3 is 6.18 Å². The molecule has 1 aromatic carbocycles. The van der Waals surface area contributed by atoms with Crippen molar-refractivity contribution in [3.63, 3.8) is 0 Å². The van der Waals surface area contributed by atoms with E-state index in [0.717, 1.165) is 0 Å². The topological polar surface area (TPSA) is 9.23 Å². The first-order valence-corrected chi connectivity index (χ1v) is 3.76. The minimum Gasteiger partial charge on any atom is -0.495 e. The fraction of sp³-hybridized carbons (Fsp3) is 0.200. The number of alkyl halides is 3. The van der Waals surface area contributed by atoms with Gasteiger partial charge in [0.2, 0.25) is 0 Å². The summed E-state index contributed by atoms with van der Waals surface area (Å²) in [5, 5.41) is 0. The van der Waals surface area contributed by atoms with E-state index in [0.29, 0.717) is 5.75 Å². The number of hydrogen-bond acceptors (Lipinski definition) is 1. The molecule has 74 valence electrons. The standard InChI is InChI=1S/C10H7F3O/c1-14-9-5-3-2-4-8(9)6-7-10(11,12)13/h2-5H,1H3. The Morgan fingerprint density at radius 1 is 1.21 bits per heavy atom. The first-order valence-electron chi connectivity index (χ1n) is 3.76. The quantitative estimate of drug-likeness (QED) is 0.633. The van der Waals surface area contributed by atoms with Crippen molar-refractivity contribution in [1.29, 1.82) is 0 Å². The summed E-state index contributed by atoms with van der Waals surface area (Å²) in [5.41, 5.74) is 0.229. The third kappa shape index (κ3) is 3.02. The number of rotatable bonds is 1. The Morgan fingerprint density at radius 2 is 1.86 bits per heavy atom. The van der Waals surface area contributed by atoms with Crippen LogP contribution in [0.25, 0.3) is 0 Å². The summed E-state index contributed by atoms with van der Waals surface area (Å²) < 4.78 is 40.1. The van der Waals surface area contributed by atoms with Gasteiger partial charge in [-0.05, 0) is 12.1 Å². The minimum absolute atomic E-state index is 0.229. The van der Waals surface area contributed by atoms with E-state index in [9.17, 15) is 13.2 Å². The van der Waals surface area contributed by atoms with Gasteiger partial charge in [-0.2, -0.15) is 13.2 Å². The molecule has 0 atom stereocenters. The second-order valence-corrected chi connectivity index (χ2v) is 2.45. The molecule has 0 heterocycles. The van der Waals surface area contributed by atoms with E-state index in [1.807, 2.05) is 5.92 Å². The highest BCUT2D eigenvalue weighted by molar-refractivity contribution is 5.46. The zero-order valence-corrected chi connectivity index (χ0v) is 7.35. The van der Waals surface area contributed by atoms with Crippen LogP contribution in [-0.4, -0.2) is 13.3 Å². The highest BCUT2D eigenvalue weighted by Crippen LogP contribution is 2.17. The van der Waals surface area contributed by atoms with Crippen LogP contribution in [0, 0.1) is 11.8 Å². The van der Waals surface area contributed by atoms with E-state index in [1.54, 1.807) is 18.2 Å². The summed E-state index contributed by atoms with van der Waals surface area (Å²) in [4.78, 5) is 0. The second-order valence-electron chi connectivity index (χ2n) is 2.45. The molecule has 0 unspecified atom stereocenters. The van der Waals surface area contributed by atoms with E-state index in [4.69, 9.17) is 4.74 Å². The van der Waals surface area contributed by atoms with Gasteiger partial charge in [-0.15, -0.1) is 0 Å². The zero-order chi connectivity index (χ0) is 10.6. The predicted octanol–water partition coefficient (Wildman–Crippen LogP) is 2.61. The summed E-state index contributed by atoms with van der Waals surface area (Å²) in [6.07, 6.45) is -4.47. The minimum atomic E-state index is -4.47. The van der Waals surface area contributed by atoms with Crippen LogP contribution in [0.15, 0.2) is 24.3 Å². The number of benzene rings is 1. The maximum absolute atomic E-state index is 11.8. The van der Waals surface area contributed by atoms with Crippen LogP contribution in [0.3, 0.4) is 0 Å². The van der Waals surface area contributed by atoms with Crippen molar-refractivity contribution in [3.05, 3.63) is 29.8 Å². The molecule has 0 aliphatic rings. The van der Waals surface area contributed by atoms with Crippen LogP contribution >= 0.6 is 0 Å². The van der Waals surface area contributed by atoms with Crippen molar-refractivity contribution in [2.75, 3.05) is 7.11 Å². The largest absolute Gasteiger partial charge is 0.495 e. The SMILES string of the molecule is COc1ccccc1C#CC(F)(F)F. The van der Waals surface area contributed by atoms with Crippen LogP contribution in [-0.2, 0) is 0 Å². The molecule has 0 aromatic heterocycles. The van der Waals surface area contributed by atoms with Crippen LogP contribution < -0.4 is 4.74 Å². The Kier molecular flexibility index (Phi) is 3.03. The van der Waals surface area contributed by atoms with Crippen LogP contribution in [0.4, 0.5) is 13.2 Å². The Bertz CT molecular complexity index is 371. The van der Waals surface area contributed by atoms with Crippen LogP contribution in [0.2, 0.25) is 0 Å². The molecule has 0 saturated heterocycles. The monoisotopic (exact) mass is 200 g/mol. The molecule has 0 N–H and O–H groups in total. The lowest BCUT2D eigenvalue weighted by molar-refractivity contribution is -0.0696. The summed E-state index contributed by atoms with van der Waals surface area (Å²) in [5.74, 6) is 3.52. The molecule has 4 heteroatoms. The lowest BCUT2D eigenvalue weighted by atomic mass is 10.2. The van der Waals surface area contributed by atoms with E-state index in [1.165, 1.54) is 19.1 Å². The molecule has 1 aromatic rings. The Hall–Kier alpha value is -1.63. The number of halogens is 3. The van der Waals surface area contributed by atoms with Gasteiger partial charge in [0.15, 0.2) is 0 Å². The third-order valence-electron chi connectivity index (χ3n) is 1.45. The maximum atomic E-state index is 11.8. The lowest BCUT2D eigenvalue weighted by Gasteiger charge is -2.01. The molecule has 0 amide bonds. The maximum Gasteiger partial charge on any atom is 0.458 e. The van der Waals surface area contributed by atoms with Crippen molar-refractivity contribution in [2.45, 2.75) is 6.18 Å². The molecule has 0 spiro atoms. The average molecular weight is 200 g/mol. The van der Waals surface area contributed by atoms with Crippen molar-refractivity contribution < 1.29 is 17.9 Å². The van der Waals surface area contributed by atoms with Gasteiger partial charge in [0.25, 0.3) is 0 Å². The summed E-state index contributed by atoms with van der Waals surface area (Å²) in [6, 6.07) is 6.29. The highest BCUT2D eigenvalue weighted by atomic mass is 19.4. The van der Waals surface area contributed by atoms with E-state index in [-0.39, 0.29) is 5.56 Å². The van der Waals surface area contributed by atoms with Gasteiger partial charge in [0, 0.05) is 5.92 Å². The smallest absolute Gasteiger partial charge is 0.458 e. The van der Waals surface area contributed by atoms with Crippen molar-refractivity contribution >= 4 is 0 Å². The predicted molar refractivity (Wildman–Crippen MR) is 45.9 cm³/mol. The molecule has 0 radical (unpaired) electrons. The number of ether oxygens (including phenoxy) is 1. The molecule has 0 aliphatic heterocycles. The van der Waals surface area contributed by atoms with Crippen LogP contribution in [0.5, 0.6) is 5.75 Å². The number of methoxy groups -OCH3 is 1. The number of para-hydroxylation sites is 1. The van der Waals surface area contributed by atoms with Crippen molar-refractivity contribution in [3.8, 4) is 17.6 Å². The molecule has 0 bridgehead atoms. The van der Waals surface area contributed by atoms with E-state index >= 15 is 0 Å². The molecule has 0 fully saturated rings. The fourth-order valence-corrected chi connectivity index (χ4v) is 0.886. The van der Waals surface area contributed by atoms with Crippen LogP contribution in [0.1, 0.15) is 5.56 Å². The van der Waals surface area contributed by atoms with E-state index < -0.39 is 6.18 Å². The molecule has 14 heavy (non-hydrogen) atoms.